The number of rotatable bonds is 6. The number of carbonyl (C=O) groups excluding carboxylic acids is 1. The maximum atomic E-state index is 11.7. The van der Waals surface area contributed by atoms with Crippen LogP contribution >= 0.6 is 0 Å². The van der Waals surface area contributed by atoms with Crippen molar-refractivity contribution < 1.29 is 9.53 Å². The van der Waals surface area contributed by atoms with Crippen molar-refractivity contribution in [1.82, 2.24) is 29.4 Å². The van der Waals surface area contributed by atoms with E-state index in [4.69, 9.17) is 14.7 Å². The molecule has 0 bridgehead atoms. The Balaban J connectivity index is 1.39. The normalized spacial score (nSPS) is 16.7. The largest absolute Gasteiger partial charge is 0.470 e. The molecule has 4 aromatic rings. The number of piperazine rings is 1. The third-order valence-electron chi connectivity index (χ3n) is 7.37. The SMILES string of the molecule is CC(=O)N1CCN(c2cc(C)c(-c3nc4c(OC5(C)CC5)ncnc4n3Cc3ccccc3)cn2)CC1. The van der Waals surface area contributed by atoms with Gasteiger partial charge in [0.05, 0.1) is 6.54 Å². The van der Waals surface area contributed by atoms with E-state index < -0.39 is 0 Å². The number of ether oxygens (including phenoxy) is 1. The second-order valence-electron chi connectivity index (χ2n) is 10.3. The standard InChI is InChI=1S/C28H31N7O2/c1-19-15-23(34-13-11-33(12-14-34)20(2)36)29-16-22(19)25-32-24-26(35(25)17-21-7-5-4-6-8-21)30-18-31-27(24)37-28(3)9-10-28/h4-8,15-16,18H,9-14,17H2,1-3H3. The summed E-state index contributed by atoms with van der Waals surface area (Å²) >= 11 is 0. The highest BCUT2D eigenvalue weighted by atomic mass is 16.5. The van der Waals surface area contributed by atoms with E-state index in [1.807, 2.05) is 29.3 Å². The summed E-state index contributed by atoms with van der Waals surface area (Å²) in [5.41, 5.74) is 4.43. The van der Waals surface area contributed by atoms with Crippen LogP contribution in [0.4, 0.5) is 5.82 Å². The van der Waals surface area contributed by atoms with Gasteiger partial charge in [-0.1, -0.05) is 30.3 Å². The zero-order valence-corrected chi connectivity index (χ0v) is 21.5. The molecule has 1 saturated heterocycles. The number of nitrogens with zero attached hydrogens (tertiary/aromatic N) is 7. The summed E-state index contributed by atoms with van der Waals surface area (Å²) in [6.45, 7) is 9.41. The van der Waals surface area contributed by atoms with Gasteiger partial charge in [0.25, 0.3) is 0 Å². The lowest BCUT2D eigenvalue weighted by molar-refractivity contribution is -0.129. The number of hydrogen-bond donors (Lipinski definition) is 0. The molecule has 0 atom stereocenters. The average molecular weight is 498 g/mol. The lowest BCUT2D eigenvalue weighted by atomic mass is 10.1. The first-order valence-corrected chi connectivity index (χ1v) is 12.8. The molecule has 0 radical (unpaired) electrons. The quantitative estimate of drug-likeness (QED) is 0.400. The van der Waals surface area contributed by atoms with Gasteiger partial charge in [-0.3, -0.25) is 4.79 Å². The lowest BCUT2D eigenvalue weighted by Crippen LogP contribution is -2.48. The van der Waals surface area contributed by atoms with Gasteiger partial charge in [0, 0.05) is 44.9 Å². The van der Waals surface area contributed by atoms with Crippen LogP contribution in [-0.4, -0.2) is 67.1 Å². The Hall–Kier alpha value is -4.01. The molecule has 9 nitrogen and oxygen atoms in total. The number of hydrogen-bond acceptors (Lipinski definition) is 7. The van der Waals surface area contributed by atoms with Crippen molar-refractivity contribution in [2.24, 2.45) is 0 Å². The number of benzene rings is 1. The number of aromatic nitrogens is 5. The molecule has 1 aromatic carbocycles. The van der Waals surface area contributed by atoms with Crippen molar-refractivity contribution >= 4 is 22.9 Å². The third-order valence-corrected chi connectivity index (χ3v) is 7.37. The highest BCUT2D eigenvalue weighted by Gasteiger charge is 2.41. The smallest absolute Gasteiger partial charge is 0.245 e. The van der Waals surface area contributed by atoms with Crippen molar-refractivity contribution in [2.75, 3.05) is 31.1 Å². The number of aryl methyl sites for hydroxylation is 1. The van der Waals surface area contributed by atoms with Crippen LogP contribution in [-0.2, 0) is 11.3 Å². The van der Waals surface area contributed by atoms with Crippen LogP contribution in [0, 0.1) is 6.92 Å². The molecule has 0 spiro atoms. The van der Waals surface area contributed by atoms with E-state index in [0.29, 0.717) is 31.0 Å². The minimum Gasteiger partial charge on any atom is -0.470 e. The molecule has 2 aliphatic rings. The fourth-order valence-corrected chi connectivity index (χ4v) is 4.82. The molecule has 3 aromatic heterocycles. The average Bonchev–Trinajstić information content (AvgIpc) is 3.52. The summed E-state index contributed by atoms with van der Waals surface area (Å²) in [4.78, 5) is 34.7. The van der Waals surface area contributed by atoms with Crippen molar-refractivity contribution in [2.45, 2.75) is 45.8 Å². The number of amides is 1. The van der Waals surface area contributed by atoms with Crippen LogP contribution in [0.2, 0.25) is 0 Å². The summed E-state index contributed by atoms with van der Waals surface area (Å²) in [6, 6.07) is 12.4. The van der Waals surface area contributed by atoms with Crippen LogP contribution in [0.1, 0.15) is 37.8 Å². The predicted molar refractivity (Wildman–Crippen MR) is 142 cm³/mol. The van der Waals surface area contributed by atoms with Crippen LogP contribution in [0.3, 0.4) is 0 Å². The van der Waals surface area contributed by atoms with Gasteiger partial charge in [0.2, 0.25) is 11.8 Å². The first-order chi connectivity index (χ1) is 17.9. The van der Waals surface area contributed by atoms with E-state index in [1.54, 1.807) is 13.3 Å². The molecule has 2 fully saturated rings. The van der Waals surface area contributed by atoms with Gasteiger partial charge in [0.15, 0.2) is 11.2 Å². The van der Waals surface area contributed by atoms with E-state index in [9.17, 15) is 4.79 Å². The van der Waals surface area contributed by atoms with E-state index >= 15 is 0 Å². The maximum absolute atomic E-state index is 11.7. The van der Waals surface area contributed by atoms with Gasteiger partial charge >= 0.3 is 0 Å². The molecule has 6 rings (SSSR count). The zero-order chi connectivity index (χ0) is 25.6. The van der Waals surface area contributed by atoms with Crippen molar-refractivity contribution in [3.63, 3.8) is 0 Å². The Morgan fingerprint density at radius 1 is 1.05 bits per heavy atom. The first-order valence-electron chi connectivity index (χ1n) is 12.8. The molecule has 0 N–H and O–H groups in total. The molecule has 1 saturated carbocycles. The second kappa shape index (κ2) is 9.14. The molecular formula is C28H31N7O2. The lowest BCUT2D eigenvalue weighted by Gasteiger charge is -2.35. The molecule has 1 aliphatic heterocycles. The summed E-state index contributed by atoms with van der Waals surface area (Å²) in [5.74, 6) is 2.37. The van der Waals surface area contributed by atoms with E-state index in [0.717, 1.165) is 59.9 Å². The highest BCUT2D eigenvalue weighted by Crippen LogP contribution is 2.41. The zero-order valence-electron chi connectivity index (χ0n) is 21.5. The Labute approximate surface area is 216 Å². The fraction of sp³-hybridized carbons (Fsp3) is 0.393. The van der Waals surface area contributed by atoms with Gasteiger partial charge in [0.1, 0.15) is 23.6 Å². The van der Waals surface area contributed by atoms with Crippen molar-refractivity contribution in [3.05, 3.63) is 60.0 Å². The molecule has 4 heterocycles. The summed E-state index contributed by atoms with van der Waals surface area (Å²) in [6.07, 6.45) is 5.49. The summed E-state index contributed by atoms with van der Waals surface area (Å²) < 4.78 is 8.39. The van der Waals surface area contributed by atoms with Gasteiger partial charge in [-0.2, -0.15) is 4.98 Å². The van der Waals surface area contributed by atoms with Crippen molar-refractivity contribution in [1.29, 1.82) is 0 Å². The van der Waals surface area contributed by atoms with Crippen LogP contribution in [0.5, 0.6) is 5.88 Å². The van der Waals surface area contributed by atoms with Gasteiger partial charge in [-0.05, 0) is 43.9 Å². The summed E-state index contributed by atoms with van der Waals surface area (Å²) in [7, 11) is 0. The van der Waals surface area contributed by atoms with E-state index in [2.05, 4.69) is 51.5 Å². The molecular weight excluding hydrogens is 466 g/mol. The minimum absolute atomic E-state index is 0.124. The third kappa shape index (κ3) is 4.61. The maximum Gasteiger partial charge on any atom is 0.245 e. The minimum atomic E-state index is -0.170. The molecule has 1 aliphatic carbocycles. The van der Waals surface area contributed by atoms with Gasteiger partial charge in [-0.15, -0.1) is 0 Å². The highest BCUT2D eigenvalue weighted by molar-refractivity contribution is 5.82. The molecule has 190 valence electrons. The number of anilines is 1. The Morgan fingerprint density at radius 3 is 2.49 bits per heavy atom. The van der Waals surface area contributed by atoms with Crippen molar-refractivity contribution in [3.8, 4) is 17.3 Å². The number of carbonyl (C=O) groups is 1. The Kier molecular flexibility index (Phi) is 5.78. The van der Waals surface area contributed by atoms with Crippen LogP contribution in [0.25, 0.3) is 22.6 Å². The van der Waals surface area contributed by atoms with Gasteiger partial charge in [-0.25, -0.2) is 15.0 Å². The molecule has 1 amide bonds. The second-order valence-corrected chi connectivity index (χ2v) is 10.3. The first kappa shape index (κ1) is 23.4. The fourth-order valence-electron chi connectivity index (χ4n) is 4.82. The number of imidazole rings is 1. The van der Waals surface area contributed by atoms with Crippen LogP contribution in [0.15, 0.2) is 48.9 Å². The number of fused-ring (bicyclic) bond motifs is 1. The number of pyridine rings is 1. The molecule has 0 unspecified atom stereocenters. The Bertz CT molecular complexity index is 1450. The topological polar surface area (TPSA) is 89.3 Å². The Morgan fingerprint density at radius 2 is 1.81 bits per heavy atom. The van der Waals surface area contributed by atoms with Gasteiger partial charge < -0.3 is 19.1 Å². The molecule has 9 heteroatoms. The van der Waals surface area contributed by atoms with E-state index in [1.165, 1.54) is 0 Å². The monoisotopic (exact) mass is 497 g/mol. The predicted octanol–water partition coefficient (Wildman–Crippen LogP) is 3.84. The van der Waals surface area contributed by atoms with Crippen LogP contribution < -0.4 is 9.64 Å². The molecule has 37 heavy (non-hydrogen) atoms. The van der Waals surface area contributed by atoms with E-state index in [-0.39, 0.29) is 11.5 Å². The summed E-state index contributed by atoms with van der Waals surface area (Å²) in [5, 5.41) is 0.